The summed E-state index contributed by atoms with van der Waals surface area (Å²) in [7, 11) is -3.30. The predicted molar refractivity (Wildman–Crippen MR) is 99.8 cm³/mol. The van der Waals surface area contributed by atoms with Crippen molar-refractivity contribution in [3.05, 3.63) is 54.2 Å². The van der Waals surface area contributed by atoms with E-state index in [2.05, 4.69) is 25.5 Å². The summed E-state index contributed by atoms with van der Waals surface area (Å²) >= 11 is 0. The van der Waals surface area contributed by atoms with E-state index in [-0.39, 0.29) is 11.7 Å². The van der Waals surface area contributed by atoms with Gasteiger partial charge in [0.25, 0.3) is 5.91 Å². The Labute approximate surface area is 155 Å². The number of aromatic nitrogens is 4. The Hall–Kier alpha value is -3.27. The molecule has 9 nitrogen and oxygen atoms in total. The zero-order valence-corrected chi connectivity index (χ0v) is 15.0. The van der Waals surface area contributed by atoms with Crippen molar-refractivity contribution < 1.29 is 13.2 Å². The lowest BCUT2D eigenvalue weighted by molar-refractivity contribution is 0.102. The molecule has 138 valence electrons. The number of nitrogens with zero attached hydrogens (tertiary/aromatic N) is 4. The van der Waals surface area contributed by atoms with Gasteiger partial charge in [-0.05, 0) is 36.8 Å². The van der Waals surface area contributed by atoms with Gasteiger partial charge < -0.3 is 4.98 Å². The highest BCUT2D eigenvalue weighted by atomic mass is 32.2. The molecule has 0 saturated carbocycles. The fourth-order valence-electron chi connectivity index (χ4n) is 2.85. The lowest BCUT2D eigenvalue weighted by atomic mass is 10.2. The summed E-state index contributed by atoms with van der Waals surface area (Å²) in [5, 5.41) is 10.5. The molecular formula is C17H16N6O3S. The summed E-state index contributed by atoms with van der Waals surface area (Å²) in [4.78, 5) is 19.6. The SMILES string of the molecule is O=C(Nc1nnc(-c2ccccn2)[nH]1)c1cccc(N2CCCS2(=O)=O)c1. The molecule has 1 aliphatic rings. The van der Waals surface area contributed by atoms with Gasteiger partial charge >= 0.3 is 0 Å². The van der Waals surface area contributed by atoms with Gasteiger partial charge in [-0.3, -0.25) is 19.4 Å². The number of hydrogen-bond donors (Lipinski definition) is 2. The van der Waals surface area contributed by atoms with Crippen LogP contribution in [0.1, 0.15) is 16.8 Å². The average molecular weight is 384 g/mol. The number of carbonyl (C=O) groups is 1. The predicted octanol–water partition coefficient (Wildman–Crippen LogP) is 1.66. The molecule has 0 atom stereocenters. The maximum absolute atomic E-state index is 12.5. The molecule has 0 spiro atoms. The van der Waals surface area contributed by atoms with E-state index in [9.17, 15) is 13.2 Å². The van der Waals surface area contributed by atoms with Crippen molar-refractivity contribution in [3.63, 3.8) is 0 Å². The number of carbonyl (C=O) groups excluding carboxylic acids is 1. The van der Waals surface area contributed by atoms with E-state index in [0.717, 1.165) is 0 Å². The van der Waals surface area contributed by atoms with Crippen LogP contribution >= 0.6 is 0 Å². The molecule has 4 rings (SSSR count). The van der Waals surface area contributed by atoms with Gasteiger partial charge in [-0.15, -0.1) is 10.2 Å². The van der Waals surface area contributed by atoms with Crippen LogP contribution in [0.3, 0.4) is 0 Å². The van der Waals surface area contributed by atoms with Crippen molar-refractivity contribution in [2.24, 2.45) is 0 Å². The Morgan fingerprint density at radius 3 is 2.78 bits per heavy atom. The topological polar surface area (TPSA) is 121 Å². The summed E-state index contributed by atoms with van der Waals surface area (Å²) in [6, 6.07) is 11.9. The van der Waals surface area contributed by atoms with Gasteiger partial charge in [-0.25, -0.2) is 8.42 Å². The van der Waals surface area contributed by atoms with Crippen LogP contribution in [0.4, 0.5) is 11.6 Å². The Morgan fingerprint density at radius 2 is 2.04 bits per heavy atom. The number of benzene rings is 1. The fraction of sp³-hybridized carbons (Fsp3) is 0.176. The van der Waals surface area contributed by atoms with Crippen molar-refractivity contribution in [3.8, 4) is 11.5 Å². The molecule has 0 aliphatic carbocycles. The van der Waals surface area contributed by atoms with Crippen LogP contribution in [0.5, 0.6) is 0 Å². The average Bonchev–Trinajstić information content (AvgIpc) is 3.28. The van der Waals surface area contributed by atoms with Gasteiger partial charge in [0.2, 0.25) is 16.0 Å². The molecule has 2 aromatic heterocycles. The van der Waals surface area contributed by atoms with Crippen LogP contribution in [0.15, 0.2) is 48.7 Å². The summed E-state index contributed by atoms with van der Waals surface area (Å²) in [6.45, 7) is 0.420. The first-order valence-corrected chi connectivity index (χ1v) is 9.90. The molecule has 0 radical (unpaired) electrons. The largest absolute Gasteiger partial charge is 0.306 e. The smallest absolute Gasteiger partial charge is 0.258 e. The highest BCUT2D eigenvalue weighted by Crippen LogP contribution is 2.25. The van der Waals surface area contributed by atoms with Crippen molar-refractivity contribution in [1.82, 2.24) is 20.2 Å². The number of anilines is 2. The Balaban J connectivity index is 1.52. The molecule has 1 fully saturated rings. The molecule has 1 aliphatic heterocycles. The van der Waals surface area contributed by atoms with Gasteiger partial charge in [-0.2, -0.15) is 0 Å². The second-order valence-corrected chi connectivity index (χ2v) is 8.00. The minimum Gasteiger partial charge on any atom is -0.306 e. The maximum atomic E-state index is 12.5. The lowest BCUT2D eigenvalue weighted by Gasteiger charge is -2.17. The number of sulfonamides is 1. The molecule has 3 aromatic rings. The van der Waals surface area contributed by atoms with E-state index < -0.39 is 15.9 Å². The Bertz CT molecular complexity index is 1080. The van der Waals surface area contributed by atoms with Crippen molar-refractivity contribution in [2.75, 3.05) is 21.9 Å². The van der Waals surface area contributed by atoms with Crippen LogP contribution in [0, 0.1) is 0 Å². The van der Waals surface area contributed by atoms with E-state index in [1.54, 1.807) is 42.6 Å². The zero-order valence-electron chi connectivity index (χ0n) is 14.2. The van der Waals surface area contributed by atoms with Crippen LogP contribution in [-0.2, 0) is 10.0 Å². The van der Waals surface area contributed by atoms with E-state index in [4.69, 9.17) is 0 Å². The third kappa shape index (κ3) is 3.51. The zero-order chi connectivity index (χ0) is 18.9. The quantitative estimate of drug-likeness (QED) is 0.706. The van der Waals surface area contributed by atoms with Crippen LogP contribution < -0.4 is 9.62 Å². The first-order valence-electron chi connectivity index (χ1n) is 8.29. The second-order valence-electron chi connectivity index (χ2n) is 5.98. The van der Waals surface area contributed by atoms with Gasteiger partial charge in [0, 0.05) is 18.3 Å². The summed E-state index contributed by atoms with van der Waals surface area (Å²) < 4.78 is 25.5. The summed E-state index contributed by atoms with van der Waals surface area (Å²) in [6.07, 6.45) is 2.21. The molecular weight excluding hydrogens is 368 g/mol. The van der Waals surface area contributed by atoms with Crippen LogP contribution in [0.25, 0.3) is 11.5 Å². The normalized spacial score (nSPS) is 15.6. The van der Waals surface area contributed by atoms with E-state index in [1.165, 1.54) is 4.31 Å². The first kappa shape index (κ1) is 17.2. The second kappa shape index (κ2) is 6.80. The highest BCUT2D eigenvalue weighted by Gasteiger charge is 2.28. The summed E-state index contributed by atoms with van der Waals surface area (Å²) in [5.74, 6) is 0.317. The number of amides is 1. The van der Waals surface area contributed by atoms with Gasteiger partial charge in [0.15, 0.2) is 5.82 Å². The minimum absolute atomic E-state index is 0.123. The molecule has 0 bridgehead atoms. The molecule has 1 amide bonds. The Morgan fingerprint density at radius 1 is 1.15 bits per heavy atom. The highest BCUT2D eigenvalue weighted by molar-refractivity contribution is 7.93. The third-order valence-electron chi connectivity index (χ3n) is 4.12. The van der Waals surface area contributed by atoms with Gasteiger partial charge in [0.05, 0.1) is 11.4 Å². The lowest BCUT2D eigenvalue weighted by Crippen LogP contribution is -2.25. The monoisotopic (exact) mass is 384 g/mol. The number of H-pyrrole nitrogens is 1. The molecule has 2 N–H and O–H groups in total. The van der Waals surface area contributed by atoms with E-state index >= 15 is 0 Å². The van der Waals surface area contributed by atoms with E-state index in [1.807, 2.05) is 6.07 Å². The van der Waals surface area contributed by atoms with Gasteiger partial charge in [0.1, 0.15) is 5.69 Å². The maximum Gasteiger partial charge on any atom is 0.258 e. The van der Waals surface area contributed by atoms with Crippen molar-refractivity contribution >= 4 is 27.6 Å². The molecule has 0 unspecified atom stereocenters. The number of aromatic amines is 1. The van der Waals surface area contributed by atoms with Crippen molar-refractivity contribution in [1.29, 1.82) is 0 Å². The molecule has 1 saturated heterocycles. The van der Waals surface area contributed by atoms with Crippen LogP contribution in [-0.4, -0.2) is 46.8 Å². The van der Waals surface area contributed by atoms with Crippen molar-refractivity contribution in [2.45, 2.75) is 6.42 Å². The number of nitrogens with one attached hydrogen (secondary N) is 2. The molecule has 27 heavy (non-hydrogen) atoms. The molecule has 1 aromatic carbocycles. The number of hydrogen-bond acceptors (Lipinski definition) is 6. The minimum atomic E-state index is -3.30. The first-order chi connectivity index (χ1) is 13.0. The standard InChI is InChI=1S/C17H16N6O3S/c24-16(20-17-19-15(21-22-17)14-7-1-2-8-18-14)12-5-3-6-13(11-12)23-9-4-10-27(23,25)26/h1-3,5-8,11H,4,9-10H2,(H2,19,20,21,22,24). The molecule has 3 heterocycles. The van der Waals surface area contributed by atoms with Crippen LogP contribution in [0.2, 0.25) is 0 Å². The third-order valence-corrected chi connectivity index (χ3v) is 5.99. The van der Waals surface area contributed by atoms with E-state index in [0.29, 0.717) is 35.7 Å². The Kier molecular flexibility index (Phi) is 4.32. The van der Waals surface area contributed by atoms with Gasteiger partial charge in [-0.1, -0.05) is 12.1 Å². The number of rotatable bonds is 4. The summed E-state index contributed by atoms with van der Waals surface area (Å²) in [5.41, 5.74) is 1.41. The fourth-order valence-corrected chi connectivity index (χ4v) is 4.40. The molecule has 10 heteroatoms. The number of pyridine rings is 1.